The minimum atomic E-state index is -0.377. The van der Waals surface area contributed by atoms with Crippen molar-refractivity contribution in [2.45, 2.75) is 37.8 Å². The molecule has 1 fully saturated rings. The summed E-state index contributed by atoms with van der Waals surface area (Å²) < 4.78 is 5.61. The first kappa shape index (κ1) is 15.1. The summed E-state index contributed by atoms with van der Waals surface area (Å²) in [5.41, 5.74) is 0.706. The summed E-state index contributed by atoms with van der Waals surface area (Å²) in [5, 5.41) is 6.51. The minimum Gasteiger partial charge on any atom is -0.491 e. The first-order valence-corrected chi connectivity index (χ1v) is 7.03. The van der Waals surface area contributed by atoms with Crippen LogP contribution in [0.2, 0.25) is 0 Å². The predicted molar refractivity (Wildman–Crippen MR) is 80.3 cm³/mol. The molecule has 2 N–H and O–H groups in total. The maximum absolute atomic E-state index is 12.5. The number of benzene rings is 1. The second-order valence-electron chi connectivity index (χ2n) is 5.34. The number of carbonyl (C=O) groups is 1. The Labute approximate surface area is 125 Å². The Morgan fingerprint density at radius 3 is 3.00 bits per heavy atom. The summed E-state index contributed by atoms with van der Waals surface area (Å²) in [5.74, 6) is 0.996. The highest BCUT2D eigenvalue weighted by Gasteiger charge is 2.40. The summed E-state index contributed by atoms with van der Waals surface area (Å²) in [6.45, 7) is 3.53. The van der Waals surface area contributed by atoms with Gasteiger partial charge >= 0.3 is 0 Å². The zero-order chi connectivity index (χ0) is 13.3. The van der Waals surface area contributed by atoms with Crippen molar-refractivity contribution in [3.05, 3.63) is 29.8 Å². The van der Waals surface area contributed by atoms with E-state index in [0.29, 0.717) is 6.61 Å². The molecule has 4 nitrogen and oxygen atoms in total. The van der Waals surface area contributed by atoms with Crippen LogP contribution in [0.4, 0.5) is 0 Å². The number of para-hydroxylation sites is 1. The van der Waals surface area contributed by atoms with Gasteiger partial charge in [0.05, 0.1) is 11.6 Å². The Morgan fingerprint density at radius 2 is 2.30 bits per heavy atom. The molecule has 0 spiro atoms. The number of amides is 1. The fraction of sp³-hybridized carbons (Fsp3) is 0.533. The van der Waals surface area contributed by atoms with Gasteiger partial charge in [0, 0.05) is 5.56 Å². The van der Waals surface area contributed by atoms with Gasteiger partial charge in [-0.1, -0.05) is 25.1 Å². The van der Waals surface area contributed by atoms with Crippen molar-refractivity contribution in [3.63, 3.8) is 0 Å². The molecule has 1 saturated heterocycles. The van der Waals surface area contributed by atoms with Crippen LogP contribution in [0.3, 0.4) is 0 Å². The number of ether oxygens (including phenoxy) is 1. The van der Waals surface area contributed by atoms with E-state index in [2.05, 4.69) is 17.6 Å². The van der Waals surface area contributed by atoms with Gasteiger partial charge in [-0.05, 0) is 31.9 Å². The largest absolute Gasteiger partial charge is 0.491 e. The minimum absolute atomic E-state index is 0. The normalized spacial score (nSPS) is 27.4. The fourth-order valence-corrected chi connectivity index (χ4v) is 3.04. The van der Waals surface area contributed by atoms with Crippen LogP contribution in [0.15, 0.2) is 24.3 Å². The van der Waals surface area contributed by atoms with Gasteiger partial charge in [0.15, 0.2) is 0 Å². The summed E-state index contributed by atoms with van der Waals surface area (Å²) in [4.78, 5) is 12.5. The Kier molecular flexibility index (Phi) is 4.55. The van der Waals surface area contributed by atoms with Gasteiger partial charge in [-0.3, -0.25) is 4.79 Å². The van der Waals surface area contributed by atoms with Gasteiger partial charge in [0.25, 0.3) is 0 Å². The van der Waals surface area contributed by atoms with E-state index < -0.39 is 0 Å². The molecule has 110 valence electrons. The van der Waals surface area contributed by atoms with Crippen LogP contribution < -0.4 is 15.4 Å². The van der Waals surface area contributed by atoms with E-state index in [-0.39, 0.29) is 29.9 Å². The molecule has 0 aromatic heterocycles. The quantitative estimate of drug-likeness (QED) is 0.899. The van der Waals surface area contributed by atoms with E-state index in [1.807, 2.05) is 24.3 Å². The van der Waals surface area contributed by atoms with Crippen LogP contribution in [0, 0.1) is 0 Å². The van der Waals surface area contributed by atoms with E-state index in [9.17, 15) is 4.79 Å². The van der Waals surface area contributed by atoms with Crippen LogP contribution in [0.1, 0.15) is 37.8 Å². The maximum atomic E-state index is 12.5. The van der Waals surface area contributed by atoms with Crippen molar-refractivity contribution < 1.29 is 9.53 Å². The average Bonchev–Trinajstić information content (AvgIpc) is 3.07. The molecule has 1 amide bonds. The zero-order valence-corrected chi connectivity index (χ0v) is 12.5. The van der Waals surface area contributed by atoms with Crippen LogP contribution in [0.5, 0.6) is 5.75 Å². The first-order chi connectivity index (χ1) is 9.25. The molecular formula is C15H21ClN2O2. The summed E-state index contributed by atoms with van der Waals surface area (Å²) in [7, 11) is 0. The maximum Gasteiger partial charge on any atom is 0.240 e. The van der Waals surface area contributed by atoms with Gasteiger partial charge in [-0.2, -0.15) is 0 Å². The molecule has 2 aliphatic heterocycles. The van der Waals surface area contributed by atoms with Gasteiger partial charge in [-0.25, -0.2) is 0 Å². The average molecular weight is 297 g/mol. The smallest absolute Gasteiger partial charge is 0.240 e. The lowest BCUT2D eigenvalue weighted by atomic mass is 9.92. The van der Waals surface area contributed by atoms with E-state index in [0.717, 1.165) is 37.1 Å². The zero-order valence-electron chi connectivity index (χ0n) is 11.6. The Hall–Kier alpha value is -1.26. The van der Waals surface area contributed by atoms with Crippen molar-refractivity contribution in [3.8, 4) is 5.75 Å². The molecule has 0 saturated carbocycles. The van der Waals surface area contributed by atoms with E-state index in [1.54, 1.807) is 0 Å². The Bertz CT molecular complexity index is 487. The highest BCUT2D eigenvalue weighted by atomic mass is 35.5. The van der Waals surface area contributed by atoms with E-state index >= 15 is 0 Å². The number of nitrogens with one attached hydrogen (secondary N) is 2. The lowest BCUT2D eigenvalue weighted by molar-refractivity contribution is -0.128. The van der Waals surface area contributed by atoms with Crippen LogP contribution in [-0.2, 0) is 4.79 Å². The molecule has 1 aromatic rings. The van der Waals surface area contributed by atoms with Crippen molar-refractivity contribution >= 4 is 18.3 Å². The summed E-state index contributed by atoms with van der Waals surface area (Å²) in [6, 6.07) is 7.89. The fourth-order valence-electron chi connectivity index (χ4n) is 3.04. The molecule has 5 heteroatoms. The predicted octanol–water partition coefficient (Wildman–Crippen LogP) is 2.19. The second-order valence-corrected chi connectivity index (χ2v) is 5.34. The standard InChI is InChI=1S/C15H20N2O2.ClH/c1-2-15(8-5-9-16-15)14(18)17-12-10-19-13-7-4-3-6-11(12)13;/h3-4,6-7,12,16H,2,5,8-10H2,1H3,(H,17,18);1H. The van der Waals surface area contributed by atoms with Crippen molar-refractivity contribution in [2.75, 3.05) is 13.2 Å². The topological polar surface area (TPSA) is 50.4 Å². The SMILES string of the molecule is CCC1(C(=O)NC2COc3ccccc32)CCCN1.Cl. The number of halogens is 1. The Morgan fingerprint density at radius 1 is 1.50 bits per heavy atom. The molecule has 0 radical (unpaired) electrons. The van der Waals surface area contributed by atoms with Crippen molar-refractivity contribution in [1.29, 1.82) is 0 Å². The lowest BCUT2D eigenvalue weighted by Crippen LogP contribution is -2.53. The van der Waals surface area contributed by atoms with E-state index in [4.69, 9.17) is 4.74 Å². The third-order valence-corrected chi connectivity index (χ3v) is 4.29. The van der Waals surface area contributed by atoms with Crippen molar-refractivity contribution in [1.82, 2.24) is 10.6 Å². The highest BCUT2D eigenvalue weighted by molar-refractivity contribution is 5.87. The highest BCUT2D eigenvalue weighted by Crippen LogP contribution is 2.33. The number of carbonyl (C=O) groups excluding carboxylic acids is 1. The molecule has 1 aromatic carbocycles. The molecule has 2 heterocycles. The molecule has 0 aliphatic carbocycles. The van der Waals surface area contributed by atoms with Crippen molar-refractivity contribution in [2.24, 2.45) is 0 Å². The van der Waals surface area contributed by atoms with E-state index in [1.165, 1.54) is 0 Å². The molecule has 0 bridgehead atoms. The number of hydrogen-bond acceptors (Lipinski definition) is 3. The molecule has 20 heavy (non-hydrogen) atoms. The van der Waals surface area contributed by atoms with Crippen LogP contribution in [0.25, 0.3) is 0 Å². The number of fused-ring (bicyclic) bond motifs is 1. The second kappa shape index (κ2) is 6.02. The molecule has 3 rings (SSSR count). The van der Waals surface area contributed by atoms with Crippen LogP contribution >= 0.6 is 12.4 Å². The number of hydrogen-bond donors (Lipinski definition) is 2. The summed E-state index contributed by atoms with van der Waals surface area (Å²) in [6.07, 6.45) is 2.82. The third kappa shape index (κ3) is 2.50. The molecule has 2 unspecified atom stereocenters. The van der Waals surface area contributed by atoms with Gasteiger partial charge in [-0.15, -0.1) is 12.4 Å². The number of rotatable bonds is 3. The summed E-state index contributed by atoms with van der Waals surface area (Å²) >= 11 is 0. The van der Waals surface area contributed by atoms with Gasteiger partial charge in [0.2, 0.25) is 5.91 Å². The molecule has 2 atom stereocenters. The Balaban J connectivity index is 0.00000147. The molecule has 2 aliphatic rings. The lowest BCUT2D eigenvalue weighted by Gasteiger charge is -2.28. The van der Waals surface area contributed by atoms with Gasteiger partial charge < -0.3 is 15.4 Å². The van der Waals surface area contributed by atoms with Gasteiger partial charge in [0.1, 0.15) is 12.4 Å². The monoisotopic (exact) mass is 296 g/mol. The first-order valence-electron chi connectivity index (χ1n) is 7.03. The molecular weight excluding hydrogens is 276 g/mol. The van der Waals surface area contributed by atoms with Crippen LogP contribution in [-0.4, -0.2) is 24.6 Å². The third-order valence-electron chi connectivity index (χ3n) is 4.29.